The summed E-state index contributed by atoms with van der Waals surface area (Å²) in [5.74, 6) is 2.22. The molecular weight excluding hydrogens is 218 g/mol. The minimum absolute atomic E-state index is 0.392. The van der Waals surface area contributed by atoms with Gasteiger partial charge in [0.25, 0.3) is 0 Å². The molecule has 16 heavy (non-hydrogen) atoms. The van der Waals surface area contributed by atoms with Gasteiger partial charge in [-0.15, -0.1) is 0 Å². The van der Waals surface area contributed by atoms with Crippen LogP contribution in [-0.2, 0) is 18.6 Å². The average molecular weight is 233 g/mol. The Balaban J connectivity index is 1.87. The molecule has 1 N–H and O–H groups in total. The molecule has 1 aromatic carbocycles. The van der Waals surface area contributed by atoms with Gasteiger partial charge in [-0.05, 0) is 5.56 Å². The number of aromatic hydroxyl groups is 1. The van der Waals surface area contributed by atoms with Gasteiger partial charge in [-0.3, -0.25) is 0 Å². The van der Waals surface area contributed by atoms with Crippen molar-refractivity contribution in [2.45, 2.75) is 11.5 Å². The fraction of sp³-hybridized carbons (Fsp3) is 0.231. The van der Waals surface area contributed by atoms with Gasteiger partial charge in [-0.25, -0.2) is 0 Å². The van der Waals surface area contributed by atoms with Crippen LogP contribution in [0.2, 0.25) is 0 Å². The highest BCUT2D eigenvalue weighted by molar-refractivity contribution is 7.97. The molecule has 0 saturated carbocycles. The van der Waals surface area contributed by atoms with Gasteiger partial charge in [0.2, 0.25) is 0 Å². The Hall–Kier alpha value is -1.35. The first-order chi connectivity index (χ1) is 7.75. The predicted octanol–water partition coefficient (Wildman–Crippen LogP) is 3.16. The van der Waals surface area contributed by atoms with Crippen molar-refractivity contribution in [1.29, 1.82) is 0 Å². The summed E-state index contributed by atoms with van der Waals surface area (Å²) in [7, 11) is 1.92. The Labute approximate surface area is 99.9 Å². The Morgan fingerprint density at radius 3 is 2.50 bits per heavy atom. The van der Waals surface area contributed by atoms with Crippen molar-refractivity contribution in [3.63, 3.8) is 0 Å². The highest BCUT2D eigenvalue weighted by Crippen LogP contribution is 2.24. The Morgan fingerprint density at radius 2 is 1.88 bits per heavy atom. The van der Waals surface area contributed by atoms with Gasteiger partial charge in [0.05, 0.1) is 0 Å². The molecule has 0 aliphatic heterocycles. The maximum atomic E-state index is 9.59. The summed E-state index contributed by atoms with van der Waals surface area (Å²) in [5.41, 5.74) is 2.33. The smallest absolute Gasteiger partial charge is 0.137 e. The second-order valence-corrected chi connectivity index (χ2v) is 4.80. The summed E-state index contributed by atoms with van der Waals surface area (Å²) in [4.78, 5) is 0. The summed E-state index contributed by atoms with van der Waals surface area (Å²) in [6.07, 6.45) is 3.70. The van der Waals surface area contributed by atoms with Gasteiger partial charge in [-0.2, -0.15) is 11.8 Å². The SMILES string of the molecule is Cn1cc(O)c(CSCc2ccccc2)c1. The van der Waals surface area contributed by atoms with E-state index < -0.39 is 0 Å². The third kappa shape index (κ3) is 2.83. The van der Waals surface area contributed by atoms with E-state index in [4.69, 9.17) is 0 Å². The zero-order chi connectivity index (χ0) is 11.4. The van der Waals surface area contributed by atoms with Crippen LogP contribution in [0.3, 0.4) is 0 Å². The number of rotatable bonds is 4. The molecule has 0 aliphatic rings. The molecule has 0 atom stereocenters. The number of benzene rings is 1. The molecule has 0 radical (unpaired) electrons. The molecule has 0 saturated heterocycles. The van der Waals surface area contributed by atoms with Crippen LogP contribution in [0.1, 0.15) is 11.1 Å². The molecule has 0 fully saturated rings. The van der Waals surface area contributed by atoms with Crippen molar-refractivity contribution in [1.82, 2.24) is 4.57 Å². The van der Waals surface area contributed by atoms with Gasteiger partial charge < -0.3 is 9.67 Å². The highest BCUT2D eigenvalue weighted by atomic mass is 32.2. The first-order valence-corrected chi connectivity index (χ1v) is 6.36. The lowest BCUT2D eigenvalue weighted by atomic mass is 10.2. The molecule has 0 spiro atoms. The lowest BCUT2D eigenvalue weighted by molar-refractivity contribution is 0.470. The Kier molecular flexibility index (Phi) is 3.57. The molecule has 0 unspecified atom stereocenters. The van der Waals surface area contributed by atoms with E-state index in [-0.39, 0.29) is 0 Å². The molecule has 0 bridgehead atoms. The fourth-order valence-electron chi connectivity index (χ4n) is 1.59. The van der Waals surface area contributed by atoms with E-state index in [1.165, 1.54) is 5.56 Å². The minimum Gasteiger partial charge on any atom is -0.506 e. The molecule has 2 aromatic rings. The quantitative estimate of drug-likeness (QED) is 0.877. The fourth-order valence-corrected chi connectivity index (χ4v) is 2.56. The van der Waals surface area contributed by atoms with E-state index in [1.807, 2.05) is 35.6 Å². The Bertz CT molecular complexity index is 450. The van der Waals surface area contributed by atoms with Crippen LogP contribution in [-0.4, -0.2) is 9.67 Å². The van der Waals surface area contributed by atoms with Crippen molar-refractivity contribution >= 4 is 11.8 Å². The molecule has 84 valence electrons. The molecule has 3 heteroatoms. The number of hydrogen-bond donors (Lipinski definition) is 1. The lowest BCUT2D eigenvalue weighted by Crippen LogP contribution is -1.82. The van der Waals surface area contributed by atoms with Crippen LogP contribution in [0.25, 0.3) is 0 Å². The molecule has 0 aliphatic carbocycles. The first kappa shape index (κ1) is 11.1. The van der Waals surface area contributed by atoms with Crippen molar-refractivity contribution in [2.24, 2.45) is 7.05 Å². The second kappa shape index (κ2) is 5.12. The summed E-state index contributed by atoms with van der Waals surface area (Å²) in [6, 6.07) is 10.4. The van der Waals surface area contributed by atoms with Crippen LogP contribution >= 0.6 is 11.8 Å². The van der Waals surface area contributed by atoms with E-state index >= 15 is 0 Å². The molecule has 2 nitrogen and oxygen atoms in total. The van der Waals surface area contributed by atoms with E-state index in [0.717, 1.165) is 17.1 Å². The number of aromatic nitrogens is 1. The lowest BCUT2D eigenvalue weighted by Gasteiger charge is -2.00. The molecule has 1 aromatic heterocycles. The van der Waals surface area contributed by atoms with Crippen molar-refractivity contribution < 1.29 is 5.11 Å². The van der Waals surface area contributed by atoms with Gasteiger partial charge in [0.15, 0.2) is 0 Å². The number of aryl methyl sites for hydroxylation is 1. The van der Waals surface area contributed by atoms with Crippen LogP contribution in [0, 0.1) is 0 Å². The third-order valence-electron chi connectivity index (χ3n) is 2.38. The van der Waals surface area contributed by atoms with Crippen molar-refractivity contribution in [2.75, 3.05) is 0 Å². The number of hydrogen-bond acceptors (Lipinski definition) is 2. The summed E-state index contributed by atoms with van der Waals surface area (Å²) >= 11 is 1.81. The zero-order valence-electron chi connectivity index (χ0n) is 9.26. The number of thioether (sulfide) groups is 1. The van der Waals surface area contributed by atoms with Crippen LogP contribution in [0.5, 0.6) is 5.75 Å². The molecule has 0 amide bonds. The monoisotopic (exact) mass is 233 g/mol. The zero-order valence-corrected chi connectivity index (χ0v) is 10.1. The first-order valence-electron chi connectivity index (χ1n) is 5.21. The maximum Gasteiger partial charge on any atom is 0.137 e. The molecule has 2 rings (SSSR count). The summed E-state index contributed by atoms with van der Waals surface area (Å²) < 4.78 is 1.88. The molecule has 1 heterocycles. The molecular formula is C13H15NOS. The van der Waals surface area contributed by atoms with Crippen LogP contribution < -0.4 is 0 Å². The van der Waals surface area contributed by atoms with E-state index in [9.17, 15) is 5.11 Å². The van der Waals surface area contributed by atoms with Gasteiger partial charge in [-0.1, -0.05) is 30.3 Å². The van der Waals surface area contributed by atoms with E-state index in [1.54, 1.807) is 6.20 Å². The van der Waals surface area contributed by atoms with Crippen LogP contribution in [0.15, 0.2) is 42.7 Å². The third-order valence-corrected chi connectivity index (χ3v) is 3.44. The van der Waals surface area contributed by atoms with Gasteiger partial charge in [0, 0.05) is 36.5 Å². The van der Waals surface area contributed by atoms with E-state index in [0.29, 0.717) is 5.75 Å². The topological polar surface area (TPSA) is 25.2 Å². The van der Waals surface area contributed by atoms with Gasteiger partial charge in [0.1, 0.15) is 5.75 Å². The van der Waals surface area contributed by atoms with E-state index in [2.05, 4.69) is 24.3 Å². The average Bonchev–Trinajstić information content (AvgIpc) is 2.59. The second-order valence-electron chi connectivity index (χ2n) is 3.81. The summed E-state index contributed by atoms with van der Waals surface area (Å²) in [6.45, 7) is 0. The predicted molar refractivity (Wildman–Crippen MR) is 68.5 cm³/mol. The van der Waals surface area contributed by atoms with Gasteiger partial charge >= 0.3 is 0 Å². The summed E-state index contributed by atoms with van der Waals surface area (Å²) in [5, 5.41) is 9.59. The highest BCUT2D eigenvalue weighted by Gasteiger charge is 2.03. The number of nitrogens with zero attached hydrogens (tertiary/aromatic N) is 1. The minimum atomic E-state index is 0.392. The van der Waals surface area contributed by atoms with Crippen molar-refractivity contribution in [3.05, 3.63) is 53.9 Å². The largest absolute Gasteiger partial charge is 0.506 e. The van der Waals surface area contributed by atoms with Crippen LogP contribution in [0.4, 0.5) is 0 Å². The normalized spacial score (nSPS) is 10.6. The maximum absolute atomic E-state index is 9.59. The Morgan fingerprint density at radius 1 is 1.12 bits per heavy atom. The standard InChI is InChI=1S/C13H15NOS/c1-14-7-12(13(15)8-14)10-16-9-11-5-3-2-4-6-11/h2-8,15H,9-10H2,1H3. The van der Waals surface area contributed by atoms with Crippen molar-refractivity contribution in [3.8, 4) is 5.75 Å².